The van der Waals surface area contributed by atoms with Crippen molar-refractivity contribution in [2.45, 2.75) is 65.3 Å². The monoisotopic (exact) mass is 266 g/mol. The molecule has 18 heavy (non-hydrogen) atoms. The first-order valence-corrected chi connectivity index (χ1v) is 7.90. The lowest BCUT2D eigenvalue weighted by Gasteiger charge is -2.36. The Hall–Kier alpha value is -0.410. The summed E-state index contributed by atoms with van der Waals surface area (Å²) in [5.41, 5.74) is 6.37. The number of nitrogens with zero attached hydrogens (tertiary/aromatic N) is 1. The first-order valence-electron chi connectivity index (χ1n) is 7.09. The second-order valence-corrected chi connectivity index (χ2v) is 7.90. The summed E-state index contributed by atoms with van der Waals surface area (Å²) in [6.07, 6.45) is 7.27. The molecule has 0 saturated heterocycles. The lowest BCUT2D eigenvalue weighted by atomic mass is 9.70. The quantitative estimate of drug-likeness (QED) is 0.857. The standard InChI is InChI=1S/C15H26N2S/c1-10(16)13-9-17-14(18-13)11-5-7-12(8-6-11)15(2,3)4/h9-12H,5-8,16H2,1-4H3. The van der Waals surface area contributed by atoms with Gasteiger partial charge in [0.15, 0.2) is 0 Å². The van der Waals surface area contributed by atoms with Gasteiger partial charge in [0.1, 0.15) is 0 Å². The number of hydrogen-bond acceptors (Lipinski definition) is 3. The van der Waals surface area contributed by atoms with Gasteiger partial charge in [-0.05, 0) is 43.9 Å². The van der Waals surface area contributed by atoms with Gasteiger partial charge >= 0.3 is 0 Å². The Labute approximate surface area is 115 Å². The molecular weight excluding hydrogens is 240 g/mol. The van der Waals surface area contributed by atoms with Crippen LogP contribution in [0.15, 0.2) is 6.20 Å². The Bertz CT molecular complexity index is 381. The Kier molecular flexibility index (Phi) is 4.12. The van der Waals surface area contributed by atoms with Crippen molar-refractivity contribution >= 4 is 11.3 Å². The largest absolute Gasteiger partial charge is 0.323 e. The van der Waals surface area contributed by atoms with Crippen LogP contribution >= 0.6 is 11.3 Å². The van der Waals surface area contributed by atoms with Gasteiger partial charge in [0.25, 0.3) is 0 Å². The second kappa shape index (κ2) is 5.30. The number of hydrogen-bond donors (Lipinski definition) is 1. The van der Waals surface area contributed by atoms with Gasteiger partial charge in [0, 0.05) is 23.0 Å². The molecule has 2 rings (SSSR count). The summed E-state index contributed by atoms with van der Waals surface area (Å²) >= 11 is 1.82. The van der Waals surface area contributed by atoms with E-state index in [4.69, 9.17) is 5.73 Å². The van der Waals surface area contributed by atoms with Crippen molar-refractivity contribution in [1.29, 1.82) is 0 Å². The molecule has 1 fully saturated rings. The molecule has 1 aliphatic rings. The Balaban J connectivity index is 1.97. The molecule has 1 aromatic heterocycles. The fraction of sp³-hybridized carbons (Fsp3) is 0.800. The Morgan fingerprint density at radius 1 is 1.28 bits per heavy atom. The van der Waals surface area contributed by atoms with Crippen molar-refractivity contribution in [3.05, 3.63) is 16.1 Å². The maximum Gasteiger partial charge on any atom is 0.0959 e. The highest BCUT2D eigenvalue weighted by molar-refractivity contribution is 7.11. The van der Waals surface area contributed by atoms with Gasteiger partial charge in [0.2, 0.25) is 0 Å². The normalized spacial score (nSPS) is 27.2. The van der Waals surface area contributed by atoms with E-state index in [-0.39, 0.29) is 6.04 Å². The molecule has 1 aromatic rings. The van der Waals surface area contributed by atoms with E-state index in [0.717, 1.165) is 5.92 Å². The van der Waals surface area contributed by atoms with E-state index in [1.165, 1.54) is 35.6 Å². The minimum atomic E-state index is 0.127. The van der Waals surface area contributed by atoms with Crippen molar-refractivity contribution < 1.29 is 0 Å². The highest BCUT2D eigenvalue weighted by atomic mass is 32.1. The van der Waals surface area contributed by atoms with E-state index in [1.54, 1.807) is 0 Å². The van der Waals surface area contributed by atoms with Gasteiger partial charge in [-0.1, -0.05) is 20.8 Å². The Morgan fingerprint density at radius 3 is 2.33 bits per heavy atom. The molecule has 1 aliphatic carbocycles. The number of aromatic nitrogens is 1. The fourth-order valence-electron chi connectivity index (χ4n) is 2.91. The van der Waals surface area contributed by atoms with Gasteiger partial charge in [-0.25, -0.2) is 4.98 Å². The summed E-state index contributed by atoms with van der Waals surface area (Å²) in [6.45, 7) is 9.15. The molecule has 2 N–H and O–H groups in total. The van der Waals surface area contributed by atoms with Crippen LogP contribution in [0.5, 0.6) is 0 Å². The van der Waals surface area contributed by atoms with E-state index >= 15 is 0 Å². The zero-order valence-corrected chi connectivity index (χ0v) is 12.9. The molecule has 0 aromatic carbocycles. The van der Waals surface area contributed by atoms with Crippen LogP contribution in [-0.2, 0) is 0 Å². The molecule has 2 nitrogen and oxygen atoms in total. The molecule has 102 valence electrons. The minimum absolute atomic E-state index is 0.127. The zero-order chi connectivity index (χ0) is 13.3. The minimum Gasteiger partial charge on any atom is -0.323 e. The van der Waals surface area contributed by atoms with Crippen LogP contribution in [-0.4, -0.2) is 4.98 Å². The summed E-state index contributed by atoms with van der Waals surface area (Å²) in [7, 11) is 0. The van der Waals surface area contributed by atoms with Crippen LogP contribution in [0, 0.1) is 11.3 Å². The number of nitrogens with two attached hydrogens (primary N) is 1. The van der Waals surface area contributed by atoms with Gasteiger partial charge in [0.05, 0.1) is 5.01 Å². The Morgan fingerprint density at radius 2 is 1.89 bits per heavy atom. The van der Waals surface area contributed by atoms with Crippen LogP contribution in [0.25, 0.3) is 0 Å². The third-order valence-corrected chi connectivity index (χ3v) is 5.65. The molecule has 0 radical (unpaired) electrons. The van der Waals surface area contributed by atoms with E-state index in [2.05, 4.69) is 25.8 Å². The topological polar surface area (TPSA) is 38.9 Å². The van der Waals surface area contributed by atoms with Gasteiger partial charge in [-0.15, -0.1) is 11.3 Å². The van der Waals surface area contributed by atoms with Gasteiger partial charge < -0.3 is 5.73 Å². The van der Waals surface area contributed by atoms with Crippen LogP contribution in [0.2, 0.25) is 0 Å². The fourth-order valence-corrected chi connectivity index (χ4v) is 3.95. The summed E-state index contributed by atoms with van der Waals surface area (Å²) in [4.78, 5) is 5.81. The van der Waals surface area contributed by atoms with Gasteiger partial charge in [-0.2, -0.15) is 0 Å². The smallest absolute Gasteiger partial charge is 0.0959 e. The molecule has 0 spiro atoms. The highest BCUT2D eigenvalue weighted by Crippen LogP contribution is 2.44. The summed E-state index contributed by atoms with van der Waals surface area (Å²) in [5.74, 6) is 1.56. The lowest BCUT2D eigenvalue weighted by Crippen LogP contribution is -2.25. The maximum absolute atomic E-state index is 5.91. The molecule has 1 unspecified atom stereocenters. The predicted octanol–water partition coefficient (Wildman–Crippen LogP) is 4.48. The first kappa shape index (κ1) is 14.0. The van der Waals surface area contributed by atoms with Crippen LogP contribution in [0.1, 0.15) is 75.2 Å². The lowest BCUT2D eigenvalue weighted by molar-refractivity contribution is 0.169. The average Bonchev–Trinajstić information content (AvgIpc) is 2.77. The molecule has 1 heterocycles. The van der Waals surface area contributed by atoms with Gasteiger partial charge in [-0.3, -0.25) is 0 Å². The van der Waals surface area contributed by atoms with E-state index in [9.17, 15) is 0 Å². The zero-order valence-electron chi connectivity index (χ0n) is 12.1. The molecule has 3 heteroatoms. The predicted molar refractivity (Wildman–Crippen MR) is 78.9 cm³/mol. The SMILES string of the molecule is CC(N)c1cnc(C2CCC(C(C)(C)C)CC2)s1. The molecule has 0 aliphatic heterocycles. The number of thiazole rings is 1. The van der Waals surface area contributed by atoms with Crippen molar-refractivity contribution in [2.75, 3.05) is 0 Å². The third-order valence-electron chi connectivity index (χ3n) is 4.29. The molecule has 0 bridgehead atoms. The van der Waals surface area contributed by atoms with Crippen LogP contribution in [0.3, 0.4) is 0 Å². The summed E-state index contributed by atoms with van der Waals surface area (Å²) in [5, 5.41) is 1.31. The third kappa shape index (κ3) is 3.12. The molecule has 1 atom stereocenters. The first-order chi connectivity index (χ1) is 8.38. The van der Waals surface area contributed by atoms with Crippen LogP contribution < -0.4 is 5.73 Å². The van der Waals surface area contributed by atoms with Crippen molar-refractivity contribution in [3.63, 3.8) is 0 Å². The van der Waals surface area contributed by atoms with Crippen LogP contribution in [0.4, 0.5) is 0 Å². The second-order valence-electron chi connectivity index (χ2n) is 6.80. The summed E-state index contributed by atoms with van der Waals surface area (Å²) in [6, 6.07) is 0.127. The molecular formula is C15H26N2S. The number of rotatable bonds is 2. The highest BCUT2D eigenvalue weighted by Gasteiger charge is 2.31. The van der Waals surface area contributed by atoms with Crippen molar-refractivity contribution in [3.8, 4) is 0 Å². The van der Waals surface area contributed by atoms with E-state index in [1.807, 2.05) is 24.5 Å². The van der Waals surface area contributed by atoms with Crippen molar-refractivity contribution in [1.82, 2.24) is 4.98 Å². The summed E-state index contributed by atoms with van der Waals surface area (Å²) < 4.78 is 0. The van der Waals surface area contributed by atoms with E-state index in [0.29, 0.717) is 11.3 Å². The van der Waals surface area contributed by atoms with E-state index < -0.39 is 0 Å². The van der Waals surface area contributed by atoms with Crippen molar-refractivity contribution in [2.24, 2.45) is 17.1 Å². The molecule has 1 saturated carbocycles. The molecule has 0 amide bonds. The maximum atomic E-state index is 5.91. The average molecular weight is 266 g/mol.